The Balaban J connectivity index is 2.17. The molecule has 21 heavy (non-hydrogen) atoms. The average Bonchev–Trinajstić information content (AvgIpc) is 2.82. The number of aromatic nitrogens is 2. The molecular weight excluding hydrogens is 333 g/mol. The van der Waals surface area contributed by atoms with Crippen molar-refractivity contribution in [3.63, 3.8) is 0 Å². The van der Waals surface area contributed by atoms with Gasteiger partial charge >= 0.3 is 0 Å². The summed E-state index contributed by atoms with van der Waals surface area (Å²) in [4.78, 5) is 0.185. The highest BCUT2D eigenvalue weighted by Gasteiger charge is 2.19. The van der Waals surface area contributed by atoms with Crippen molar-refractivity contribution in [1.82, 2.24) is 14.5 Å². The van der Waals surface area contributed by atoms with Gasteiger partial charge in [0.1, 0.15) is 4.90 Å². The lowest BCUT2D eigenvalue weighted by atomic mass is 10.2. The van der Waals surface area contributed by atoms with E-state index in [1.54, 1.807) is 29.8 Å². The van der Waals surface area contributed by atoms with Gasteiger partial charge in [0.2, 0.25) is 10.0 Å². The van der Waals surface area contributed by atoms with Gasteiger partial charge in [-0.05, 0) is 31.5 Å². The zero-order valence-corrected chi connectivity index (χ0v) is 13.9. The molecule has 0 saturated carbocycles. The van der Waals surface area contributed by atoms with Gasteiger partial charge < -0.3 is 0 Å². The Labute approximate surface area is 133 Å². The first-order valence-electron chi connectivity index (χ1n) is 6.31. The zero-order chi connectivity index (χ0) is 15.6. The molecule has 0 fully saturated rings. The van der Waals surface area contributed by atoms with Crippen LogP contribution in [0.25, 0.3) is 0 Å². The Kier molecular flexibility index (Phi) is 4.93. The predicted octanol–water partition coefficient (Wildman–Crippen LogP) is 3.00. The second kappa shape index (κ2) is 6.36. The highest BCUT2D eigenvalue weighted by Crippen LogP contribution is 2.23. The molecule has 0 atom stereocenters. The molecule has 2 rings (SSSR count). The number of hydrogen-bond acceptors (Lipinski definition) is 3. The quantitative estimate of drug-likeness (QED) is 0.903. The molecule has 0 unspecified atom stereocenters. The molecule has 1 aromatic carbocycles. The van der Waals surface area contributed by atoms with Gasteiger partial charge in [-0.25, -0.2) is 13.1 Å². The van der Waals surface area contributed by atoms with Crippen LogP contribution >= 0.6 is 23.2 Å². The Morgan fingerprint density at radius 3 is 2.57 bits per heavy atom. The summed E-state index contributed by atoms with van der Waals surface area (Å²) in [5.74, 6) is 0. The van der Waals surface area contributed by atoms with Crippen molar-refractivity contribution in [3.05, 3.63) is 45.7 Å². The van der Waals surface area contributed by atoms with E-state index in [4.69, 9.17) is 23.2 Å². The van der Waals surface area contributed by atoms with E-state index in [-0.39, 0.29) is 11.4 Å². The smallest absolute Gasteiger partial charge is 0.244 e. The van der Waals surface area contributed by atoms with Crippen molar-refractivity contribution in [2.75, 3.05) is 0 Å². The SMILES string of the molecule is CCn1cc(S(=O)(=O)NCc2ccc(Cl)c(Cl)c2)c(C)n1. The molecule has 0 saturated heterocycles. The molecule has 0 aliphatic carbocycles. The number of benzene rings is 1. The van der Waals surface area contributed by atoms with E-state index in [1.165, 1.54) is 6.20 Å². The van der Waals surface area contributed by atoms with E-state index >= 15 is 0 Å². The summed E-state index contributed by atoms with van der Waals surface area (Å²) in [7, 11) is -3.61. The van der Waals surface area contributed by atoms with Crippen LogP contribution in [0, 0.1) is 6.92 Å². The molecule has 0 radical (unpaired) electrons. The molecule has 1 heterocycles. The van der Waals surface area contributed by atoms with Crippen molar-refractivity contribution in [2.45, 2.75) is 31.8 Å². The van der Waals surface area contributed by atoms with E-state index in [1.807, 2.05) is 6.92 Å². The fourth-order valence-corrected chi connectivity index (χ4v) is 3.35. The van der Waals surface area contributed by atoms with Gasteiger partial charge in [-0.15, -0.1) is 0 Å². The summed E-state index contributed by atoms with van der Waals surface area (Å²) >= 11 is 11.7. The number of hydrogen-bond donors (Lipinski definition) is 1. The number of sulfonamides is 1. The molecule has 0 aliphatic heterocycles. The van der Waals surface area contributed by atoms with Crippen LogP contribution < -0.4 is 4.72 Å². The molecule has 0 aliphatic rings. The molecule has 114 valence electrons. The Morgan fingerprint density at radius 2 is 2.00 bits per heavy atom. The third kappa shape index (κ3) is 3.77. The number of halogens is 2. The number of nitrogens with one attached hydrogen (secondary N) is 1. The maximum absolute atomic E-state index is 12.3. The lowest BCUT2D eigenvalue weighted by Crippen LogP contribution is -2.23. The molecule has 1 N–H and O–H groups in total. The first-order valence-corrected chi connectivity index (χ1v) is 8.55. The van der Waals surface area contributed by atoms with Crippen LogP contribution in [0.1, 0.15) is 18.2 Å². The average molecular weight is 348 g/mol. The van der Waals surface area contributed by atoms with E-state index in [2.05, 4.69) is 9.82 Å². The summed E-state index contributed by atoms with van der Waals surface area (Å²) in [6, 6.07) is 4.99. The molecule has 8 heteroatoms. The lowest BCUT2D eigenvalue weighted by Gasteiger charge is -2.06. The highest BCUT2D eigenvalue weighted by molar-refractivity contribution is 7.89. The predicted molar refractivity (Wildman–Crippen MR) is 83.1 cm³/mol. The Hall–Kier alpha value is -1.08. The van der Waals surface area contributed by atoms with E-state index in [0.29, 0.717) is 22.3 Å². The molecular formula is C13H15Cl2N3O2S. The summed E-state index contributed by atoms with van der Waals surface area (Å²) in [5.41, 5.74) is 1.20. The van der Waals surface area contributed by atoms with Crippen molar-refractivity contribution < 1.29 is 8.42 Å². The van der Waals surface area contributed by atoms with E-state index in [0.717, 1.165) is 5.56 Å². The van der Waals surface area contributed by atoms with Crippen LogP contribution in [0.4, 0.5) is 0 Å². The molecule has 0 spiro atoms. The Bertz CT molecular complexity index is 757. The van der Waals surface area contributed by atoms with Crippen LogP contribution in [0.2, 0.25) is 10.0 Å². The number of aryl methyl sites for hydroxylation is 2. The van der Waals surface area contributed by atoms with Crippen LogP contribution in [0.5, 0.6) is 0 Å². The van der Waals surface area contributed by atoms with E-state index in [9.17, 15) is 8.42 Å². The number of nitrogens with zero attached hydrogens (tertiary/aromatic N) is 2. The molecule has 2 aromatic rings. The molecule has 1 aromatic heterocycles. The van der Waals surface area contributed by atoms with Crippen molar-refractivity contribution in [1.29, 1.82) is 0 Å². The molecule has 0 amide bonds. The second-order valence-electron chi connectivity index (χ2n) is 4.51. The topological polar surface area (TPSA) is 64.0 Å². The summed E-state index contributed by atoms with van der Waals surface area (Å²) in [5, 5.41) is 4.96. The maximum Gasteiger partial charge on any atom is 0.244 e. The van der Waals surface area contributed by atoms with Crippen LogP contribution in [0.15, 0.2) is 29.3 Å². The molecule has 0 bridgehead atoms. The highest BCUT2D eigenvalue weighted by atomic mass is 35.5. The summed E-state index contributed by atoms with van der Waals surface area (Å²) < 4.78 is 28.7. The minimum Gasteiger partial charge on any atom is -0.271 e. The fraction of sp³-hybridized carbons (Fsp3) is 0.308. The van der Waals surface area contributed by atoms with Crippen molar-refractivity contribution in [2.24, 2.45) is 0 Å². The third-order valence-corrected chi connectivity index (χ3v) is 5.21. The zero-order valence-electron chi connectivity index (χ0n) is 11.6. The van der Waals surface area contributed by atoms with Gasteiger partial charge in [0, 0.05) is 19.3 Å². The Morgan fingerprint density at radius 1 is 1.29 bits per heavy atom. The van der Waals surface area contributed by atoms with Crippen LogP contribution in [0.3, 0.4) is 0 Å². The van der Waals surface area contributed by atoms with Gasteiger partial charge in [0.15, 0.2) is 0 Å². The summed E-state index contributed by atoms with van der Waals surface area (Å²) in [6.45, 7) is 4.31. The van der Waals surface area contributed by atoms with Crippen LogP contribution in [-0.4, -0.2) is 18.2 Å². The van der Waals surface area contributed by atoms with Crippen LogP contribution in [-0.2, 0) is 23.1 Å². The molecule has 5 nitrogen and oxygen atoms in total. The second-order valence-corrected chi connectivity index (χ2v) is 7.06. The fourth-order valence-electron chi connectivity index (χ4n) is 1.83. The first-order chi connectivity index (χ1) is 9.83. The van der Waals surface area contributed by atoms with Crippen molar-refractivity contribution >= 4 is 33.2 Å². The number of rotatable bonds is 5. The minimum atomic E-state index is -3.61. The summed E-state index contributed by atoms with van der Waals surface area (Å²) in [6.07, 6.45) is 1.52. The largest absolute Gasteiger partial charge is 0.271 e. The monoisotopic (exact) mass is 347 g/mol. The van der Waals surface area contributed by atoms with Gasteiger partial charge in [-0.2, -0.15) is 5.10 Å². The third-order valence-electron chi connectivity index (χ3n) is 2.97. The lowest BCUT2D eigenvalue weighted by molar-refractivity contribution is 0.580. The van der Waals surface area contributed by atoms with Gasteiger partial charge in [0.25, 0.3) is 0 Å². The minimum absolute atomic E-state index is 0.135. The van der Waals surface area contributed by atoms with Crippen molar-refractivity contribution in [3.8, 4) is 0 Å². The van der Waals surface area contributed by atoms with Gasteiger partial charge in [0.05, 0.1) is 15.7 Å². The van der Waals surface area contributed by atoms with Gasteiger partial charge in [-0.3, -0.25) is 4.68 Å². The maximum atomic E-state index is 12.3. The standard InChI is InChI=1S/C13H15Cl2N3O2S/c1-3-18-8-13(9(2)17-18)21(19,20)16-7-10-4-5-11(14)12(15)6-10/h4-6,8,16H,3,7H2,1-2H3. The van der Waals surface area contributed by atoms with Gasteiger partial charge in [-0.1, -0.05) is 29.3 Å². The van der Waals surface area contributed by atoms with E-state index < -0.39 is 10.0 Å². The first kappa shape index (κ1) is 16.3. The normalized spacial score (nSPS) is 11.8.